The third-order valence-electron chi connectivity index (χ3n) is 4.08. The summed E-state index contributed by atoms with van der Waals surface area (Å²) >= 11 is 0. The Morgan fingerprint density at radius 1 is 1.24 bits per heavy atom. The summed E-state index contributed by atoms with van der Waals surface area (Å²) in [6, 6.07) is 13.1. The maximum Gasteiger partial charge on any atom is 0.258 e. The van der Waals surface area contributed by atoms with Crippen molar-refractivity contribution in [2.75, 3.05) is 18.1 Å². The summed E-state index contributed by atoms with van der Waals surface area (Å²) in [5.41, 5.74) is 3.42. The summed E-state index contributed by atoms with van der Waals surface area (Å²) in [5, 5.41) is 2.71. The van der Waals surface area contributed by atoms with Gasteiger partial charge in [-0.3, -0.25) is 9.59 Å². The van der Waals surface area contributed by atoms with Crippen LogP contribution in [0, 0.1) is 6.92 Å². The summed E-state index contributed by atoms with van der Waals surface area (Å²) in [5.74, 6) is 0.457. The molecule has 0 aromatic heterocycles. The molecule has 1 aliphatic heterocycles. The van der Waals surface area contributed by atoms with E-state index in [1.165, 1.54) is 6.08 Å². The molecule has 0 fully saturated rings. The van der Waals surface area contributed by atoms with Crippen molar-refractivity contribution in [3.05, 3.63) is 71.8 Å². The van der Waals surface area contributed by atoms with Gasteiger partial charge >= 0.3 is 0 Å². The first kappa shape index (κ1) is 16.8. The molecule has 128 valence electrons. The minimum Gasteiger partial charge on any atom is -0.490 e. The molecule has 0 saturated carbocycles. The van der Waals surface area contributed by atoms with E-state index in [0.717, 1.165) is 22.6 Å². The fourth-order valence-corrected chi connectivity index (χ4v) is 2.72. The van der Waals surface area contributed by atoms with E-state index in [-0.39, 0.29) is 11.8 Å². The Kier molecular flexibility index (Phi) is 4.84. The van der Waals surface area contributed by atoms with Crippen LogP contribution in [0.1, 0.15) is 21.5 Å². The molecule has 2 amide bonds. The molecule has 0 unspecified atom stereocenters. The number of nitrogens with one attached hydrogen (secondary N) is 1. The van der Waals surface area contributed by atoms with Crippen LogP contribution < -0.4 is 15.0 Å². The van der Waals surface area contributed by atoms with E-state index in [0.29, 0.717) is 25.3 Å². The van der Waals surface area contributed by atoms with Gasteiger partial charge in [-0.1, -0.05) is 24.8 Å². The minimum atomic E-state index is -0.222. The standard InChI is InChI=1S/C20H20N2O3/c1-3-19(23)21-13-15-5-7-16(8-6-15)20(24)22-10-11-25-18-12-14(2)4-9-17(18)22/h3-9,12H,1,10-11,13H2,2H3,(H,21,23). The van der Waals surface area contributed by atoms with Crippen LogP contribution in [0.5, 0.6) is 5.75 Å². The van der Waals surface area contributed by atoms with Crippen molar-refractivity contribution in [3.63, 3.8) is 0 Å². The normalized spacial score (nSPS) is 12.8. The maximum atomic E-state index is 12.9. The van der Waals surface area contributed by atoms with E-state index in [1.54, 1.807) is 17.0 Å². The Morgan fingerprint density at radius 3 is 2.72 bits per heavy atom. The molecule has 3 rings (SSSR count). The molecule has 1 N–H and O–H groups in total. The van der Waals surface area contributed by atoms with Gasteiger partial charge in [0.1, 0.15) is 12.4 Å². The Labute approximate surface area is 146 Å². The molecule has 0 atom stereocenters. The SMILES string of the molecule is C=CC(=O)NCc1ccc(C(=O)N2CCOc3cc(C)ccc32)cc1. The molecule has 0 radical (unpaired) electrons. The van der Waals surface area contributed by atoms with Crippen LogP contribution in [0.3, 0.4) is 0 Å². The van der Waals surface area contributed by atoms with Gasteiger partial charge in [-0.25, -0.2) is 0 Å². The van der Waals surface area contributed by atoms with Gasteiger partial charge in [-0.15, -0.1) is 0 Å². The predicted molar refractivity (Wildman–Crippen MR) is 96.8 cm³/mol. The van der Waals surface area contributed by atoms with Gasteiger partial charge in [0.15, 0.2) is 0 Å². The quantitative estimate of drug-likeness (QED) is 0.874. The summed E-state index contributed by atoms with van der Waals surface area (Å²) in [7, 11) is 0. The molecule has 25 heavy (non-hydrogen) atoms. The van der Waals surface area contributed by atoms with Crippen molar-refractivity contribution in [3.8, 4) is 5.75 Å². The average Bonchev–Trinajstić information content (AvgIpc) is 2.65. The maximum absolute atomic E-state index is 12.9. The lowest BCUT2D eigenvalue weighted by atomic mass is 10.1. The Bertz CT molecular complexity index is 812. The number of amides is 2. The van der Waals surface area contributed by atoms with Crippen LogP contribution >= 0.6 is 0 Å². The highest BCUT2D eigenvalue weighted by atomic mass is 16.5. The summed E-state index contributed by atoms with van der Waals surface area (Å²) in [6.45, 7) is 6.81. The van der Waals surface area contributed by atoms with Gasteiger partial charge in [-0.2, -0.15) is 0 Å². The van der Waals surface area contributed by atoms with E-state index >= 15 is 0 Å². The largest absolute Gasteiger partial charge is 0.490 e. The van der Waals surface area contributed by atoms with Crippen LogP contribution in [0.2, 0.25) is 0 Å². The van der Waals surface area contributed by atoms with E-state index < -0.39 is 0 Å². The number of carbonyl (C=O) groups excluding carboxylic acids is 2. The second-order valence-electron chi connectivity index (χ2n) is 5.90. The number of ether oxygens (including phenoxy) is 1. The van der Waals surface area contributed by atoms with Crippen LogP contribution in [0.25, 0.3) is 0 Å². The number of carbonyl (C=O) groups is 2. The zero-order valence-corrected chi connectivity index (χ0v) is 14.1. The molecule has 0 aliphatic carbocycles. The molecule has 0 spiro atoms. The van der Waals surface area contributed by atoms with Crippen molar-refractivity contribution >= 4 is 17.5 Å². The summed E-state index contributed by atoms with van der Waals surface area (Å²) in [4.78, 5) is 25.8. The smallest absolute Gasteiger partial charge is 0.258 e. The third kappa shape index (κ3) is 3.71. The van der Waals surface area contributed by atoms with E-state index in [1.807, 2.05) is 37.3 Å². The Morgan fingerprint density at radius 2 is 2.00 bits per heavy atom. The molecule has 2 aromatic rings. The number of anilines is 1. The van der Waals surface area contributed by atoms with Crippen LogP contribution in [0.4, 0.5) is 5.69 Å². The second kappa shape index (κ2) is 7.21. The van der Waals surface area contributed by atoms with E-state index in [2.05, 4.69) is 11.9 Å². The molecule has 5 heteroatoms. The number of rotatable bonds is 4. The lowest BCUT2D eigenvalue weighted by molar-refractivity contribution is -0.116. The van der Waals surface area contributed by atoms with Crippen LogP contribution in [0.15, 0.2) is 55.1 Å². The Hall–Kier alpha value is -3.08. The van der Waals surface area contributed by atoms with Crippen LogP contribution in [-0.2, 0) is 11.3 Å². The van der Waals surface area contributed by atoms with Crippen molar-refractivity contribution in [2.45, 2.75) is 13.5 Å². The number of benzene rings is 2. The molecular formula is C20H20N2O3. The lowest BCUT2D eigenvalue weighted by Gasteiger charge is -2.30. The van der Waals surface area contributed by atoms with Gasteiger partial charge in [0.2, 0.25) is 5.91 Å². The van der Waals surface area contributed by atoms with Gasteiger partial charge in [-0.05, 0) is 48.4 Å². The van der Waals surface area contributed by atoms with Crippen molar-refractivity contribution in [2.24, 2.45) is 0 Å². The summed E-state index contributed by atoms with van der Waals surface area (Å²) in [6.07, 6.45) is 1.23. The molecule has 2 aromatic carbocycles. The third-order valence-corrected chi connectivity index (χ3v) is 4.08. The molecule has 0 saturated heterocycles. The van der Waals surface area contributed by atoms with E-state index in [9.17, 15) is 9.59 Å². The van der Waals surface area contributed by atoms with Gasteiger partial charge in [0.25, 0.3) is 5.91 Å². The first-order valence-corrected chi connectivity index (χ1v) is 8.13. The van der Waals surface area contributed by atoms with Crippen LogP contribution in [-0.4, -0.2) is 25.0 Å². The first-order chi connectivity index (χ1) is 12.1. The van der Waals surface area contributed by atoms with E-state index in [4.69, 9.17) is 4.74 Å². The van der Waals surface area contributed by atoms with Crippen molar-refractivity contribution in [1.29, 1.82) is 0 Å². The summed E-state index contributed by atoms with van der Waals surface area (Å²) < 4.78 is 5.66. The number of nitrogens with zero attached hydrogens (tertiary/aromatic N) is 1. The lowest BCUT2D eigenvalue weighted by Crippen LogP contribution is -2.38. The van der Waals surface area contributed by atoms with Gasteiger partial charge in [0.05, 0.1) is 12.2 Å². The second-order valence-corrected chi connectivity index (χ2v) is 5.90. The first-order valence-electron chi connectivity index (χ1n) is 8.13. The molecule has 1 heterocycles. The number of hydrogen-bond acceptors (Lipinski definition) is 3. The monoisotopic (exact) mass is 336 g/mol. The number of fused-ring (bicyclic) bond motifs is 1. The fourth-order valence-electron chi connectivity index (χ4n) is 2.72. The molecule has 1 aliphatic rings. The zero-order valence-electron chi connectivity index (χ0n) is 14.1. The molecule has 5 nitrogen and oxygen atoms in total. The van der Waals surface area contributed by atoms with Crippen molar-refractivity contribution in [1.82, 2.24) is 5.32 Å². The van der Waals surface area contributed by atoms with Gasteiger partial charge in [0, 0.05) is 12.1 Å². The van der Waals surface area contributed by atoms with Gasteiger partial charge < -0.3 is 15.0 Å². The number of aryl methyl sites for hydroxylation is 1. The average molecular weight is 336 g/mol. The minimum absolute atomic E-state index is 0.0601. The molecular weight excluding hydrogens is 316 g/mol. The highest BCUT2D eigenvalue weighted by Gasteiger charge is 2.24. The molecule has 0 bridgehead atoms. The number of hydrogen-bond donors (Lipinski definition) is 1. The van der Waals surface area contributed by atoms with Crippen molar-refractivity contribution < 1.29 is 14.3 Å². The predicted octanol–water partition coefficient (Wildman–Crippen LogP) is 2.84. The highest BCUT2D eigenvalue weighted by Crippen LogP contribution is 2.33. The fraction of sp³-hybridized carbons (Fsp3) is 0.200. The Balaban J connectivity index is 1.76. The zero-order chi connectivity index (χ0) is 17.8. The highest BCUT2D eigenvalue weighted by molar-refractivity contribution is 6.07. The topological polar surface area (TPSA) is 58.6 Å².